The molecule has 19 heavy (non-hydrogen) atoms. The minimum atomic E-state index is -0.781. The predicted octanol–water partition coefficient (Wildman–Crippen LogP) is 3.65. The second-order valence-corrected chi connectivity index (χ2v) is 5.25. The van der Waals surface area contributed by atoms with Crippen LogP contribution in [0.15, 0.2) is 53.3 Å². The third-order valence-electron chi connectivity index (χ3n) is 3.04. The zero-order chi connectivity index (χ0) is 13.7. The van der Waals surface area contributed by atoms with E-state index in [9.17, 15) is 9.90 Å². The lowest BCUT2D eigenvalue weighted by molar-refractivity contribution is -0.138. The van der Waals surface area contributed by atoms with E-state index in [0.29, 0.717) is 6.42 Å². The molecule has 3 nitrogen and oxygen atoms in total. The molecule has 98 valence electrons. The number of aliphatic carboxylic acids is 1. The number of halogens is 1. The van der Waals surface area contributed by atoms with Gasteiger partial charge in [0, 0.05) is 16.9 Å². The first kappa shape index (κ1) is 13.7. The van der Waals surface area contributed by atoms with Crippen molar-refractivity contribution in [2.75, 3.05) is 0 Å². The molecule has 0 fully saturated rings. The Morgan fingerprint density at radius 1 is 1.16 bits per heavy atom. The van der Waals surface area contributed by atoms with Gasteiger partial charge in [-0.1, -0.05) is 28.1 Å². The summed E-state index contributed by atoms with van der Waals surface area (Å²) >= 11 is 3.35. The number of nitrogens with zero attached hydrogens (tertiary/aromatic N) is 1. The van der Waals surface area contributed by atoms with Gasteiger partial charge in [0.15, 0.2) is 0 Å². The molecule has 0 saturated heterocycles. The third-order valence-corrected chi connectivity index (χ3v) is 3.57. The summed E-state index contributed by atoms with van der Waals surface area (Å²) in [6.45, 7) is 0. The Morgan fingerprint density at radius 3 is 2.37 bits per heavy atom. The van der Waals surface area contributed by atoms with Gasteiger partial charge in [-0.2, -0.15) is 0 Å². The second kappa shape index (κ2) is 6.48. The topological polar surface area (TPSA) is 50.2 Å². The van der Waals surface area contributed by atoms with Gasteiger partial charge in [0.1, 0.15) is 0 Å². The van der Waals surface area contributed by atoms with E-state index in [1.54, 1.807) is 12.4 Å². The van der Waals surface area contributed by atoms with Gasteiger partial charge in [-0.15, -0.1) is 0 Å². The highest BCUT2D eigenvalue weighted by atomic mass is 79.9. The molecule has 4 heteroatoms. The van der Waals surface area contributed by atoms with Crippen LogP contribution >= 0.6 is 15.9 Å². The van der Waals surface area contributed by atoms with Gasteiger partial charge in [0.25, 0.3) is 0 Å². The van der Waals surface area contributed by atoms with Crippen molar-refractivity contribution in [1.82, 2.24) is 4.98 Å². The third kappa shape index (κ3) is 3.89. The molecule has 0 aliphatic carbocycles. The molecule has 1 atom stereocenters. The van der Waals surface area contributed by atoms with E-state index in [2.05, 4.69) is 20.9 Å². The fourth-order valence-electron chi connectivity index (χ4n) is 1.99. The number of aryl methyl sites for hydroxylation is 1. The Bertz CT molecular complexity index is 540. The molecule has 2 rings (SSSR count). The number of hydrogen-bond acceptors (Lipinski definition) is 2. The molecule has 2 aromatic rings. The Balaban J connectivity index is 2.09. The summed E-state index contributed by atoms with van der Waals surface area (Å²) in [5, 5.41) is 9.35. The van der Waals surface area contributed by atoms with Gasteiger partial charge in [0.05, 0.1) is 5.92 Å². The van der Waals surface area contributed by atoms with E-state index < -0.39 is 11.9 Å². The van der Waals surface area contributed by atoms with Crippen LogP contribution in [0.3, 0.4) is 0 Å². The lowest BCUT2D eigenvalue weighted by Crippen LogP contribution is -2.12. The molecule has 1 unspecified atom stereocenters. The number of aromatic nitrogens is 1. The normalized spacial score (nSPS) is 12.1. The van der Waals surface area contributed by atoms with Crippen molar-refractivity contribution in [3.8, 4) is 0 Å². The SMILES string of the molecule is O=C(O)C(CCc1ccncc1)c1ccc(Br)cc1. The minimum absolute atomic E-state index is 0.471. The Hall–Kier alpha value is -1.68. The van der Waals surface area contributed by atoms with Crippen LogP contribution in [0.1, 0.15) is 23.5 Å². The molecular weight excluding hydrogens is 306 g/mol. The number of rotatable bonds is 5. The van der Waals surface area contributed by atoms with Crippen molar-refractivity contribution in [2.45, 2.75) is 18.8 Å². The molecule has 1 N–H and O–H groups in total. The number of hydrogen-bond donors (Lipinski definition) is 1. The lowest BCUT2D eigenvalue weighted by atomic mass is 9.93. The number of carboxylic acid groups (broad SMARTS) is 1. The molecule has 1 aromatic carbocycles. The maximum absolute atomic E-state index is 11.4. The Kier molecular flexibility index (Phi) is 4.68. The van der Waals surface area contributed by atoms with Crippen molar-refractivity contribution >= 4 is 21.9 Å². The summed E-state index contributed by atoms with van der Waals surface area (Å²) in [5.74, 6) is -1.25. The van der Waals surface area contributed by atoms with Crippen LogP contribution in [-0.4, -0.2) is 16.1 Å². The average molecular weight is 320 g/mol. The van der Waals surface area contributed by atoms with Crippen LogP contribution in [0.25, 0.3) is 0 Å². The number of carboxylic acids is 1. The number of benzene rings is 1. The lowest BCUT2D eigenvalue weighted by Gasteiger charge is -2.12. The zero-order valence-electron chi connectivity index (χ0n) is 10.3. The van der Waals surface area contributed by atoms with Crippen LogP contribution in [-0.2, 0) is 11.2 Å². The van der Waals surface area contributed by atoms with Crippen molar-refractivity contribution in [1.29, 1.82) is 0 Å². The quantitative estimate of drug-likeness (QED) is 0.915. The standard InChI is InChI=1S/C15H14BrNO2/c16-13-4-2-12(3-5-13)14(15(18)19)6-1-11-7-9-17-10-8-11/h2-5,7-10,14H,1,6H2,(H,18,19). The fourth-order valence-corrected chi connectivity index (χ4v) is 2.25. The largest absolute Gasteiger partial charge is 0.481 e. The first-order valence-electron chi connectivity index (χ1n) is 6.04. The number of pyridine rings is 1. The maximum atomic E-state index is 11.4. The van der Waals surface area contributed by atoms with E-state index in [0.717, 1.165) is 22.0 Å². The summed E-state index contributed by atoms with van der Waals surface area (Å²) in [7, 11) is 0. The van der Waals surface area contributed by atoms with E-state index in [4.69, 9.17) is 0 Å². The zero-order valence-corrected chi connectivity index (χ0v) is 11.9. The molecule has 0 saturated carbocycles. The van der Waals surface area contributed by atoms with Gasteiger partial charge in [-0.05, 0) is 48.2 Å². The smallest absolute Gasteiger partial charge is 0.310 e. The van der Waals surface area contributed by atoms with Gasteiger partial charge in [-0.3, -0.25) is 9.78 Å². The molecule has 0 spiro atoms. The van der Waals surface area contributed by atoms with Gasteiger partial charge >= 0.3 is 5.97 Å². The monoisotopic (exact) mass is 319 g/mol. The minimum Gasteiger partial charge on any atom is -0.481 e. The molecule has 0 aliphatic heterocycles. The van der Waals surface area contributed by atoms with Crippen molar-refractivity contribution in [3.05, 3.63) is 64.4 Å². The Morgan fingerprint density at radius 2 is 1.79 bits per heavy atom. The molecule has 1 aromatic heterocycles. The Labute approximate surface area is 120 Å². The van der Waals surface area contributed by atoms with E-state index >= 15 is 0 Å². The van der Waals surface area contributed by atoms with E-state index in [1.165, 1.54) is 0 Å². The maximum Gasteiger partial charge on any atom is 0.310 e. The van der Waals surface area contributed by atoms with Gasteiger partial charge in [0.2, 0.25) is 0 Å². The van der Waals surface area contributed by atoms with Crippen molar-refractivity contribution in [2.24, 2.45) is 0 Å². The molecular formula is C15H14BrNO2. The van der Waals surface area contributed by atoms with Crippen molar-refractivity contribution in [3.63, 3.8) is 0 Å². The molecule has 0 amide bonds. The predicted molar refractivity (Wildman–Crippen MR) is 77.1 cm³/mol. The van der Waals surface area contributed by atoms with E-state index in [-0.39, 0.29) is 0 Å². The van der Waals surface area contributed by atoms with Crippen LogP contribution in [0.2, 0.25) is 0 Å². The fraction of sp³-hybridized carbons (Fsp3) is 0.200. The molecule has 0 aliphatic rings. The summed E-state index contributed by atoms with van der Waals surface area (Å²) in [4.78, 5) is 15.3. The van der Waals surface area contributed by atoms with Crippen LogP contribution in [0.4, 0.5) is 0 Å². The number of carbonyl (C=O) groups is 1. The van der Waals surface area contributed by atoms with Gasteiger partial charge in [-0.25, -0.2) is 0 Å². The first-order valence-corrected chi connectivity index (χ1v) is 6.83. The summed E-state index contributed by atoms with van der Waals surface area (Å²) < 4.78 is 0.953. The highest BCUT2D eigenvalue weighted by Crippen LogP contribution is 2.23. The average Bonchev–Trinajstić information content (AvgIpc) is 2.42. The van der Waals surface area contributed by atoms with E-state index in [1.807, 2.05) is 36.4 Å². The molecule has 0 radical (unpaired) electrons. The van der Waals surface area contributed by atoms with Crippen LogP contribution in [0, 0.1) is 0 Å². The highest BCUT2D eigenvalue weighted by molar-refractivity contribution is 9.10. The second-order valence-electron chi connectivity index (χ2n) is 4.34. The van der Waals surface area contributed by atoms with Crippen LogP contribution in [0.5, 0.6) is 0 Å². The van der Waals surface area contributed by atoms with Crippen molar-refractivity contribution < 1.29 is 9.90 Å². The van der Waals surface area contributed by atoms with Crippen LogP contribution < -0.4 is 0 Å². The van der Waals surface area contributed by atoms with Gasteiger partial charge < -0.3 is 5.11 Å². The summed E-state index contributed by atoms with van der Waals surface area (Å²) in [5.41, 5.74) is 1.95. The molecule has 1 heterocycles. The first-order chi connectivity index (χ1) is 9.16. The molecule has 0 bridgehead atoms. The summed E-state index contributed by atoms with van der Waals surface area (Å²) in [6.07, 6.45) is 4.77. The summed E-state index contributed by atoms with van der Waals surface area (Å²) in [6, 6.07) is 11.3. The highest BCUT2D eigenvalue weighted by Gasteiger charge is 2.19.